The van der Waals surface area contributed by atoms with Crippen LogP contribution in [0.25, 0.3) is 0 Å². The Kier molecular flexibility index (Phi) is 2.94. The number of aliphatic imine (C=N–C) groups is 1. The molecular weight excluding hydrogens is 250 g/mol. The van der Waals surface area contributed by atoms with Crippen molar-refractivity contribution in [3.05, 3.63) is 11.5 Å². The largest absolute Gasteiger partial charge is 0.360 e. The molecule has 2 rings (SSSR count). The number of sulfonamides is 1. The highest BCUT2D eigenvalue weighted by Crippen LogP contribution is 2.20. The Morgan fingerprint density at radius 3 is 2.69 bits per heavy atom. The van der Waals surface area contributed by atoms with Crippen LogP contribution in [0.4, 0.5) is 0 Å². The van der Waals surface area contributed by atoms with Gasteiger partial charge in [0.1, 0.15) is 5.69 Å². The number of nitrogens with one attached hydrogen (secondary N) is 1. The molecule has 0 saturated heterocycles. The van der Waals surface area contributed by atoms with Crippen LogP contribution in [0.5, 0.6) is 0 Å². The van der Waals surface area contributed by atoms with Gasteiger partial charge in [0, 0.05) is 5.75 Å². The van der Waals surface area contributed by atoms with Crippen molar-refractivity contribution in [2.24, 2.45) is 4.99 Å². The number of aryl methyl sites for hydroxylation is 2. The molecule has 0 spiro atoms. The minimum Gasteiger partial charge on any atom is -0.360 e. The first-order valence-corrected chi connectivity index (χ1v) is 7.10. The number of amidine groups is 1. The van der Waals surface area contributed by atoms with E-state index in [1.54, 1.807) is 13.8 Å². The minimum atomic E-state index is -3.62. The van der Waals surface area contributed by atoms with Gasteiger partial charge in [-0.15, -0.1) is 0 Å². The summed E-state index contributed by atoms with van der Waals surface area (Å²) in [6.45, 7) is 3.80. The third kappa shape index (κ3) is 2.07. The molecule has 16 heavy (non-hydrogen) atoms. The molecule has 1 aromatic rings. The molecule has 0 amide bonds. The maximum atomic E-state index is 12.0. The molecule has 0 atom stereocenters. The van der Waals surface area contributed by atoms with Crippen LogP contribution in [-0.2, 0) is 10.0 Å². The molecule has 6 nitrogen and oxygen atoms in total. The molecule has 8 heteroatoms. The molecule has 1 aliphatic rings. The summed E-state index contributed by atoms with van der Waals surface area (Å²) >= 11 is 1.39. The van der Waals surface area contributed by atoms with Gasteiger partial charge in [-0.25, -0.2) is 8.42 Å². The van der Waals surface area contributed by atoms with Gasteiger partial charge in [-0.05, 0) is 13.8 Å². The fourth-order valence-corrected chi connectivity index (χ4v) is 3.78. The van der Waals surface area contributed by atoms with Gasteiger partial charge in [-0.2, -0.15) is 0 Å². The van der Waals surface area contributed by atoms with Crippen molar-refractivity contribution in [2.75, 3.05) is 12.3 Å². The van der Waals surface area contributed by atoms with Gasteiger partial charge in [0.15, 0.2) is 15.8 Å². The molecule has 0 bridgehead atoms. The van der Waals surface area contributed by atoms with E-state index in [0.29, 0.717) is 17.4 Å². The quantitative estimate of drug-likeness (QED) is 0.846. The van der Waals surface area contributed by atoms with Crippen molar-refractivity contribution in [2.45, 2.75) is 18.7 Å². The lowest BCUT2D eigenvalue weighted by Crippen LogP contribution is -2.28. The molecule has 0 fully saturated rings. The molecule has 1 N–H and O–H groups in total. The lowest BCUT2D eigenvalue weighted by Gasteiger charge is -2.05. The van der Waals surface area contributed by atoms with E-state index in [-0.39, 0.29) is 10.7 Å². The first-order valence-electron chi connectivity index (χ1n) is 4.63. The molecule has 88 valence electrons. The van der Waals surface area contributed by atoms with Crippen LogP contribution >= 0.6 is 11.8 Å². The highest BCUT2D eigenvalue weighted by molar-refractivity contribution is 8.15. The van der Waals surface area contributed by atoms with E-state index in [0.717, 1.165) is 5.75 Å². The van der Waals surface area contributed by atoms with E-state index in [1.165, 1.54) is 11.8 Å². The normalized spacial score (nSPS) is 16.2. The van der Waals surface area contributed by atoms with E-state index in [1.807, 2.05) is 0 Å². The number of thioether (sulfide) groups is 1. The zero-order valence-electron chi connectivity index (χ0n) is 8.85. The van der Waals surface area contributed by atoms with Gasteiger partial charge < -0.3 is 4.52 Å². The number of hydrogen-bond acceptors (Lipinski definition) is 6. The summed E-state index contributed by atoms with van der Waals surface area (Å²) in [5.74, 6) is 1.09. The Morgan fingerprint density at radius 1 is 1.44 bits per heavy atom. The monoisotopic (exact) mass is 261 g/mol. The summed E-state index contributed by atoms with van der Waals surface area (Å²) in [5, 5.41) is 4.05. The predicted octanol–water partition coefficient (Wildman–Crippen LogP) is 0.673. The Labute approximate surface area is 97.5 Å². The number of hydrogen-bond donors (Lipinski definition) is 1. The number of aromatic nitrogens is 1. The lowest BCUT2D eigenvalue weighted by atomic mass is 10.4. The van der Waals surface area contributed by atoms with Gasteiger partial charge in [0.05, 0.1) is 6.54 Å². The van der Waals surface area contributed by atoms with Crippen molar-refractivity contribution >= 4 is 27.0 Å². The number of nitrogens with zero attached hydrogens (tertiary/aromatic N) is 2. The number of rotatable bonds is 2. The highest BCUT2D eigenvalue weighted by atomic mass is 32.2. The van der Waals surface area contributed by atoms with Gasteiger partial charge in [0.2, 0.25) is 0 Å². The SMILES string of the molecule is Cc1noc(C)c1S(=O)(=O)NC1=NCCS1. The van der Waals surface area contributed by atoms with Crippen LogP contribution in [-0.4, -0.2) is 31.0 Å². The summed E-state index contributed by atoms with van der Waals surface area (Å²) in [6.07, 6.45) is 0. The maximum Gasteiger partial charge on any atom is 0.268 e. The third-order valence-corrected chi connectivity index (χ3v) is 4.65. The van der Waals surface area contributed by atoms with Crippen LogP contribution in [0, 0.1) is 13.8 Å². The first kappa shape index (κ1) is 11.5. The standard InChI is InChI=1S/C8H11N3O3S2/c1-5-7(6(2)14-10-5)16(12,13)11-8-9-3-4-15-8/h3-4H2,1-2H3,(H,9,11). The van der Waals surface area contributed by atoms with Crippen LogP contribution < -0.4 is 4.72 Å². The average Bonchev–Trinajstić information content (AvgIpc) is 2.76. The third-order valence-electron chi connectivity index (χ3n) is 2.04. The highest BCUT2D eigenvalue weighted by Gasteiger charge is 2.26. The molecule has 0 aromatic carbocycles. The second-order valence-corrected chi connectivity index (χ2v) is 6.00. The molecule has 1 aliphatic heterocycles. The topological polar surface area (TPSA) is 84.6 Å². The summed E-state index contributed by atoms with van der Waals surface area (Å²) in [7, 11) is -3.62. The van der Waals surface area contributed by atoms with Crippen molar-refractivity contribution < 1.29 is 12.9 Å². The molecule has 0 saturated carbocycles. The summed E-state index contributed by atoms with van der Waals surface area (Å²) in [5.41, 5.74) is 0.355. The second-order valence-electron chi connectivity index (χ2n) is 3.29. The van der Waals surface area contributed by atoms with E-state index >= 15 is 0 Å². The molecule has 2 heterocycles. The van der Waals surface area contributed by atoms with E-state index in [9.17, 15) is 8.42 Å². The molecule has 0 radical (unpaired) electrons. The fourth-order valence-electron chi connectivity index (χ4n) is 1.42. The Morgan fingerprint density at radius 2 is 2.19 bits per heavy atom. The average molecular weight is 261 g/mol. The van der Waals surface area contributed by atoms with E-state index < -0.39 is 10.0 Å². The summed E-state index contributed by atoms with van der Waals surface area (Å²) in [4.78, 5) is 4.13. The molecular formula is C8H11N3O3S2. The molecule has 0 unspecified atom stereocenters. The van der Waals surface area contributed by atoms with E-state index in [2.05, 4.69) is 14.9 Å². The predicted molar refractivity (Wildman–Crippen MR) is 61.1 cm³/mol. The van der Waals surface area contributed by atoms with Crippen LogP contribution in [0.15, 0.2) is 14.4 Å². The molecule has 1 aromatic heterocycles. The summed E-state index contributed by atoms with van der Waals surface area (Å²) in [6, 6.07) is 0. The van der Waals surface area contributed by atoms with Crippen molar-refractivity contribution in [1.29, 1.82) is 0 Å². The Bertz CT molecular complexity index is 513. The van der Waals surface area contributed by atoms with Gasteiger partial charge in [-0.1, -0.05) is 16.9 Å². The van der Waals surface area contributed by atoms with Crippen LogP contribution in [0.2, 0.25) is 0 Å². The Hall–Kier alpha value is -1.02. The van der Waals surface area contributed by atoms with Crippen LogP contribution in [0.3, 0.4) is 0 Å². The minimum absolute atomic E-state index is 0.0997. The van der Waals surface area contributed by atoms with Crippen LogP contribution in [0.1, 0.15) is 11.5 Å². The van der Waals surface area contributed by atoms with Gasteiger partial charge in [-0.3, -0.25) is 9.71 Å². The first-order chi connectivity index (χ1) is 7.50. The van der Waals surface area contributed by atoms with E-state index in [4.69, 9.17) is 4.52 Å². The van der Waals surface area contributed by atoms with Crippen molar-refractivity contribution in [3.8, 4) is 0 Å². The van der Waals surface area contributed by atoms with Gasteiger partial charge >= 0.3 is 0 Å². The second kappa shape index (κ2) is 4.10. The smallest absolute Gasteiger partial charge is 0.268 e. The lowest BCUT2D eigenvalue weighted by molar-refractivity contribution is 0.390. The fraction of sp³-hybridized carbons (Fsp3) is 0.500. The van der Waals surface area contributed by atoms with Crippen molar-refractivity contribution in [3.63, 3.8) is 0 Å². The molecule has 0 aliphatic carbocycles. The van der Waals surface area contributed by atoms with Gasteiger partial charge in [0.25, 0.3) is 10.0 Å². The zero-order valence-corrected chi connectivity index (χ0v) is 10.5. The zero-order chi connectivity index (χ0) is 11.8. The Balaban J connectivity index is 2.32. The summed E-state index contributed by atoms with van der Waals surface area (Å²) < 4.78 is 31.2. The van der Waals surface area contributed by atoms with Crippen molar-refractivity contribution in [1.82, 2.24) is 9.88 Å². The maximum absolute atomic E-state index is 12.0.